The average Bonchev–Trinajstić information content (AvgIpc) is 2.97. The summed E-state index contributed by atoms with van der Waals surface area (Å²) in [5, 5.41) is 0. The summed E-state index contributed by atoms with van der Waals surface area (Å²) in [5.41, 5.74) is 4.01. The molecule has 0 spiro atoms. The van der Waals surface area contributed by atoms with Gasteiger partial charge >= 0.3 is 0 Å². The number of hydrogen-bond donors (Lipinski definition) is 0. The van der Waals surface area contributed by atoms with Crippen molar-refractivity contribution in [1.82, 2.24) is 0 Å². The van der Waals surface area contributed by atoms with Crippen molar-refractivity contribution in [2.75, 3.05) is 18.5 Å². The highest BCUT2D eigenvalue weighted by Gasteiger charge is 2.19. The van der Waals surface area contributed by atoms with Gasteiger partial charge in [-0.3, -0.25) is 4.74 Å². The van der Waals surface area contributed by atoms with Gasteiger partial charge in [0, 0.05) is 0 Å². The molecule has 2 aliphatic carbocycles. The first kappa shape index (κ1) is 20.2. The fraction of sp³-hybridized carbons (Fsp3) is 0.565. The van der Waals surface area contributed by atoms with Gasteiger partial charge < -0.3 is 0 Å². The van der Waals surface area contributed by atoms with Gasteiger partial charge in [0.25, 0.3) is 0 Å². The first-order chi connectivity index (χ1) is 12.2. The van der Waals surface area contributed by atoms with Crippen molar-refractivity contribution in [2.45, 2.75) is 65.7 Å². The molecule has 0 aromatic rings. The second-order valence-corrected chi connectivity index (χ2v) is 11.1. The second kappa shape index (κ2) is 10.8. The molecule has 0 N–H and O–H groups in total. The van der Waals surface area contributed by atoms with E-state index in [2.05, 4.69) is 63.3 Å². The lowest BCUT2D eigenvalue weighted by molar-refractivity contribution is 0.839. The van der Waals surface area contributed by atoms with E-state index in [-0.39, 0.29) is 0 Å². The molecule has 138 valence electrons. The lowest BCUT2D eigenvalue weighted by Gasteiger charge is -2.25. The van der Waals surface area contributed by atoms with Crippen molar-refractivity contribution < 1.29 is 0 Å². The Balaban J connectivity index is 2.38. The summed E-state index contributed by atoms with van der Waals surface area (Å²) in [6.07, 6.45) is 28.6. The van der Waals surface area contributed by atoms with Crippen LogP contribution in [0.1, 0.15) is 65.7 Å². The van der Waals surface area contributed by atoms with Crippen LogP contribution < -0.4 is 0 Å². The van der Waals surface area contributed by atoms with Crippen molar-refractivity contribution in [3.63, 3.8) is 0 Å². The summed E-state index contributed by atoms with van der Waals surface area (Å²) in [4.78, 5) is 0. The van der Waals surface area contributed by atoms with E-state index in [0.29, 0.717) is 0 Å². The number of nitrogens with zero attached hydrogens (tertiary/aromatic N) is 1. The molecule has 2 heteroatoms. The maximum atomic E-state index is 5.52. The molecule has 0 fully saturated rings. The van der Waals surface area contributed by atoms with Crippen LogP contribution in [-0.2, 0) is 0 Å². The summed E-state index contributed by atoms with van der Waals surface area (Å²) in [5.74, 6) is 0. The van der Waals surface area contributed by atoms with E-state index in [4.69, 9.17) is 4.74 Å². The minimum absolute atomic E-state index is 1.03. The van der Waals surface area contributed by atoms with Gasteiger partial charge in [-0.05, 0) is 74.5 Å². The van der Waals surface area contributed by atoms with Gasteiger partial charge in [0.15, 0.2) is 0 Å². The van der Waals surface area contributed by atoms with Crippen molar-refractivity contribution in [1.29, 1.82) is 0 Å². The van der Waals surface area contributed by atoms with Gasteiger partial charge in [-0.2, -0.15) is 0 Å². The number of fused-ring (bicyclic) bond motifs is 2. The van der Waals surface area contributed by atoms with Gasteiger partial charge in [-0.25, -0.2) is 0 Å². The van der Waals surface area contributed by atoms with Crippen LogP contribution in [0.25, 0.3) is 0 Å². The fourth-order valence-corrected chi connectivity index (χ4v) is 7.81. The van der Waals surface area contributed by atoms with Crippen LogP contribution in [-0.4, -0.2) is 18.5 Å². The Hall–Kier alpha value is -1.07. The van der Waals surface area contributed by atoms with E-state index in [1.807, 2.05) is 0 Å². The quantitative estimate of drug-likeness (QED) is 0.353. The van der Waals surface area contributed by atoms with E-state index in [1.165, 1.54) is 73.9 Å². The molecule has 0 atom stereocenters. The van der Waals surface area contributed by atoms with Crippen LogP contribution in [0.3, 0.4) is 0 Å². The molecule has 0 aromatic carbocycles. The van der Waals surface area contributed by atoms with E-state index in [0.717, 1.165) is 6.42 Å². The third-order valence-electron chi connectivity index (χ3n) is 5.05. The maximum Gasteiger partial charge on any atom is 0.0616 e. The van der Waals surface area contributed by atoms with Gasteiger partial charge in [-0.15, -0.1) is 0 Å². The molecule has 1 nitrogen and oxygen atoms in total. The smallest absolute Gasteiger partial charge is 0.0616 e. The third kappa shape index (κ3) is 6.63. The van der Waals surface area contributed by atoms with Crippen molar-refractivity contribution in [2.24, 2.45) is 4.74 Å². The highest BCUT2D eigenvalue weighted by molar-refractivity contribution is 7.66. The Bertz CT molecular complexity index is 600. The van der Waals surface area contributed by atoms with Crippen LogP contribution in [0.15, 0.2) is 64.1 Å². The predicted octanol–water partition coefficient (Wildman–Crippen LogP) is 7.85. The van der Waals surface area contributed by atoms with Gasteiger partial charge in [0.05, 0.1) is 5.70 Å². The molecule has 0 heterocycles. The Morgan fingerprint density at radius 3 is 1.92 bits per heavy atom. The molecule has 2 aliphatic rings. The van der Waals surface area contributed by atoms with E-state index in [1.54, 1.807) is 0 Å². The zero-order valence-corrected chi connectivity index (χ0v) is 17.4. The minimum atomic E-state index is -1.24. The monoisotopic (exact) mass is 357 g/mol. The van der Waals surface area contributed by atoms with E-state index >= 15 is 0 Å². The molecule has 0 radical (unpaired) electrons. The number of allylic oxidation sites excluding steroid dienone is 9. The number of hydrogen-bond acceptors (Lipinski definition) is 1. The lowest BCUT2D eigenvalue weighted by Crippen LogP contribution is -2.02. The third-order valence-corrected chi connectivity index (χ3v) is 9.15. The largest absolute Gasteiger partial charge is 0.268 e. The molecule has 0 aromatic heterocycles. The van der Waals surface area contributed by atoms with Crippen molar-refractivity contribution in [3.8, 4) is 0 Å². The summed E-state index contributed by atoms with van der Waals surface area (Å²) in [7, 11) is -1.24. The highest BCUT2D eigenvalue weighted by Crippen LogP contribution is 2.53. The first-order valence-corrected chi connectivity index (χ1v) is 12.6. The average molecular weight is 358 g/mol. The molecular formula is C23H36NP. The zero-order valence-electron chi connectivity index (χ0n) is 16.5. The topological polar surface area (TPSA) is 12.4 Å². The van der Waals surface area contributed by atoms with Crippen LogP contribution in [0.2, 0.25) is 0 Å². The zero-order chi connectivity index (χ0) is 18.0. The summed E-state index contributed by atoms with van der Waals surface area (Å²) in [6, 6.07) is 0. The van der Waals surface area contributed by atoms with Crippen molar-refractivity contribution >= 4 is 7.05 Å². The van der Waals surface area contributed by atoms with Crippen LogP contribution in [0.4, 0.5) is 0 Å². The molecule has 2 rings (SSSR count). The normalized spacial score (nSPS) is 16.7. The maximum absolute atomic E-state index is 5.52. The molecule has 0 amide bonds. The molecule has 25 heavy (non-hydrogen) atoms. The van der Waals surface area contributed by atoms with Gasteiger partial charge in [0.2, 0.25) is 0 Å². The summed E-state index contributed by atoms with van der Waals surface area (Å²) in [6.45, 7) is 6.94. The second-order valence-electron chi connectivity index (χ2n) is 7.37. The lowest BCUT2D eigenvalue weighted by atomic mass is 10.1. The molecular weight excluding hydrogens is 321 g/mol. The van der Waals surface area contributed by atoms with E-state index in [9.17, 15) is 0 Å². The molecule has 2 bridgehead atoms. The van der Waals surface area contributed by atoms with Crippen LogP contribution >= 0.6 is 7.05 Å². The first-order valence-electron chi connectivity index (χ1n) is 10.3. The Labute approximate surface area is 155 Å². The predicted molar refractivity (Wildman–Crippen MR) is 116 cm³/mol. The standard InChI is InChI=1S/C23H36NP/c1-4-7-16-25(17-8-5-2,18-9-6-3)24-23-15-14-21-12-10-11-13-22(19-21)20-23/h10-15,20H,4-9,16-19H2,1-3H3. The molecule has 0 unspecified atom stereocenters. The minimum Gasteiger partial charge on any atom is -0.268 e. The van der Waals surface area contributed by atoms with Crippen molar-refractivity contribution in [3.05, 3.63) is 59.4 Å². The number of rotatable bonds is 10. The van der Waals surface area contributed by atoms with Gasteiger partial charge in [-0.1, -0.05) is 70.4 Å². The van der Waals surface area contributed by atoms with E-state index < -0.39 is 7.05 Å². The Morgan fingerprint density at radius 2 is 1.36 bits per heavy atom. The van der Waals surface area contributed by atoms with Crippen LogP contribution in [0, 0.1) is 0 Å². The Morgan fingerprint density at radius 1 is 0.800 bits per heavy atom. The Kier molecular flexibility index (Phi) is 8.76. The summed E-state index contributed by atoms with van der Waals surface area (Å²) >= 11 is 0. The molecule has 0 saturated heterocycles. The van der Waals surface area contributed by atoms with Gasteiger partial charge in [0.1, 0.15) is 0 Å². The molecule has 0 saturated carbocycles. The highest BCUT2D eigenvalue weighted by atomic mass is 31.2. The fourth-order valence-electron chi connectivity index (χ4n) is 3.51. The summed E-state index contributed by atoms with van der Waals surface area (Å²) < 4.78 is 5.52. The van der Waals surface area contributed by atoms with Crippen LogP contribution in [0.5, 0.6) is 0 Å². The molecule has 0 aliphatic heterocycles. The number of unbranched alkanes of at least 4 members (excludes halogenated alkanes) is 3. The SMILES string of the molecule is CCCCP(CCCC)(CCCC)=NC1=CC2=CC=CC=C(C=C1)C2.